The van der Waals surface area contributed by atoms with Gasteiger partial charge in [-0.15, -0.1) is 0 Å². The zero-order chi connectivity index (χ0) is 8.39. The zero-order valence-electron chi connectivity index (χ0n) is 6.71. The van der Waals surface area contributed by atoms with Gasteiger partial charge in [0.05, 0.1) is 5.69 Å². The van der Waals surface area contributed by atoms with Crippen molar-refractivity contribution in [3.05, 3.63) is 24.4 Å². The highest BCUT2D eigenvalue weighted by Crippen LogP contribution is 2.24. The maximum absolute atomic E-state index is 5.32. The van der Waals surface area contributed by atoms with Crippen LogP contribution in [0.3, 0.4) is 0 Å². The summed E-state index contributed by atoms with van der Waals surface area (Å²) in [6.07, 6.45) is 3.52. The minimum Gasteiger partial charge on any atom is -0.474 e. The van der Waals surface area contributed by atoms with Crippen molar-refractivity contribution >= 4 is 11.8 Å². The first-order chi connectivity index (χ1) is 5.90. The number of fused-ring (bicyclic) bond motifs is 1. The topological polar surface area (TPSA) is 34.2 Å². The van der Waals surface area contributed by atoms with E-state index in [9.17, 15) is 0 Å². The molecule has 0 fully saturated rings. The smallest absolute Gasteiger partial charge is 0.237 e. The molecule has 0 aromatic carbocycles. The standard InChI is InChI=1S/C9H10N2O/c1-2-7-5-8-9(11-6-7)12-4-3-10-8/h2,5-6,10H,1,3-4H2. The van der Waals surface area contributed by atoms with Crippen molar-refractivity contribution in [2.24, 2.45) is 0 Å². The minimum absolute atomic E-state index is 0.687. The number of ether oxygens (including phenoxy) is 1. The van der Waals surface area contributed by atoms with E-state index in [1.165, 1.54) is 0 Å². The van der Waals surface area contributed by atoms with Crippen molar-refractivity contribution in [1.82, 2.24) is 4.98 Å². The van der Waals surface area contributed by atoms with Crippen LogP contribution in [-0.2, 0) is 0 Å². The second-order valence-corrected chi connectivity index (χ2v) is 2.60. The van der Waals surface area contributed by atoms with Gasteiger partial charge in [-0.25, -0.2) is 4.98 Å². The largest absolute Gasteiger partial charge is 0.474 e. The van der Waals surface area contributed by atoms with Crippen LogP contribution in [0.2, 0.25) is 0 Å². The molecule has 0 saturated carbocycles. The fraction of sp³-hybridized carbons (Fsp3) is 0.222. The summed E-state index contributed by atoms with van der Waals surface area (Å²) in [4.78, 5) is 4.13. The number of rotatable bonds is 1. The van der Waals surface area contributed by atoms with Crippen LogP contribution in [0, 0.1) is 0 Å². The van der Waals surface area contributed by atoms with E-state index in [2.05, 4.69) is 16.9 Å². The molecular weight excluding hydrogens is 152 g/mol. The predicted octanol–water partition coefficient (Wildman–Crippen LogP) is 1.53. The van der Waals surface area contributed by atoms with Crippen molar-refractivity contribution in [2.45, 2.75) is 0 Å². The third-order valence-electron chi connectivity index (χ3n) is 1.76. The first-order valence-corrected chi connectivity index (χ1v) is 3.89. The van der Waals surface area contributed by atoms with Gasteiger partial charge in [-0.3, -0.25) is 0 Å². The highest BCUT2D eigenvalue weighted by atomic mass is 16.5. The molecule has 2 heterocycles. The van der Waals surface area contributed by atoms with E-state index in [-0.39, 0.29) is 0 Å². The Hall–Kier alpha value is -1.51. The van der Waals surface area contributed by atoms with Crippen molar-refractivity contribution in [3.63, 3.8) is 0 Å². The Morgan fingerprint density at radius 3 is 3.42 bits per heavy atom. The molecule has 0 unspecified atom stereocenters. The summed E-state index contributed by atoms with van der Waals surface area (Å²) in [5.74, 6) is 0.687. The van der Waals surface area contributed by atoms with Gasteiger partial charge in [0.2, 0.25) is 5.88 Å². The summed E-state index contributed by atoms with van der Waals surface area (Å²) in [7, 11) is 0. The van der Waals surface area contributed by atoms with Gasteiger partial charge in [-0.1, -0.05) is 12.7 Å². The van der Waals surface area contributed by atoms with Gasteiger partial charge in [0, 0.05) is 12.7 Å². The molecule has 12 heavy (non-hydrogen) atoms. The Bertz CT molecular complexity index is 309. The lowest BCUT2D eigenvalue weighted by molar-refractivity contribution is 0.310. The van der Waals surface area contributed by atoms with Crippen molar-refractivity contribution < 1.29 is 4.74 Å². The Labute approximate surface area is 71.1 Å². The second kappa shape index (κ2) is 2.85. The summed E-state index contributed by atoms with van der Waals surface area (Å²) in [5, 5.41) is 3.20. The molecule has 0 bridgehead atoms. The molecule has 1 aliphatic heterocycles. The summed E-state index contributed by atoms with van der Waals surface area (Å²) in [6.45, 7) is 5.20. The van der Waals surface area contributed by atoms with E-state index in [0.717, 1.165) is 17.8 Å². The second-order valence-electron chi connectivity index (χ2n) is 2.60. The maximum atomic E-state index is 5.32. The van der Waals surface area contributed by atoms with Gasteiger partial charge in [-0.2, -0.15) is 0 Å². The molecule has 3 nitrogen and oxygen atoms in total. The van der Waals surface area contributed by atoms with E-state index in [4.69, 9.17) is 4.74 Å². The third kappa shape index (κ3) is 1.13. The van der Waals surface area contributed by atoms with Gasteiger partial charge in [0.1, 0.15) is 6.61 Å². The van der Waals surface area contributed by atoms with Gasteiger partial charge in [-0.05, 0) is 11.6 Å². The van der Waals surface area contributed by atoms with Crippen molar-refractivity contribution in [1.29, 1.82) is 0 Å². The lowest BCUT2D eigenvalue weighted by Gasteiger charge is -2.17. The van der Waals surface area contributed by atoms with Crippen LogP contribution in [0.4, 0.5) is 5.69 Å². The Morgan fingerprint density at radius 1 is 1.67 bits per heavy atom. The van der Waals surface area contributed by atoms with Gasteiger partial charge >= 0.3 is 0 Å². The predicted molar refractivity (Wildman–Crippen MR) is 48.3 cm³/mol. The lowest BCUT2D eigenvalue weighted by Crippen LogP contribution is -2.18. The molecule has 2 rings (SSSR count). The SMILES string of the molecule is C=Cc1cnc2c(c1)NCCO2. The first kappa shape index (κ1) is 7.16. The number of nitrogens with one attached hydrogen (secondary N) is 1. The number of anilines is 1. The molecular formula is C9H10N2O. The van der Waals surface area contributed by atoms with Gasteiger partial charge in [0.25, 0.3) is 0 Å². The number of nitrogens with zero attached hydrogens (tertiary/aromatic N) is 1. The van der Waals surface area contributed by atoms with Crippen molar-refractivity contribution in [3.8, 4) is 5.88 Å². The quantitative estimate of drug-likeness (QED) is 0.680. The number of hydrogen-bond acceptors (Lipinski definition) is 3. The molecule has 0 saturated heterocycles. The molecule has 0 spiro atoms. The summed E-state index contributed by atoms with van der Waals surface area (Å²) in [5.41, 5.74) is 1.96. The van der Waals surface area contributed by atoms with Gasteiger partial charge in [0.15, 0.2) is 0 Å². The van der Waals surface area contributed by atoms with Crippen LogP contribution in [0.25, 0.3) is 6.08 Å². The fourth-order valence-corrected chi connectivity index (χ4v) is 1.16. The molecule has 1 N–H and O–H groups in total. The molecule has 0 amide bonds. The molecule has 1 aliphatic rings. The summed E-state index contributed by atoms with van der Waals surface area (Å²) in [6, 6.07) is 1.98. The Kier molecular flexibility index (Phi) is 1.70. The van der Waals surface area contributed by atoms with Crippen molar-refractivity contribution in [2.75, 3.05) is 18.5 Å². The van der Waals surface area contributed by atoms with E-state index >= 15 is 0 Å². The molecule has 62 valence electrons. The average molecular weight is 162 g/mol. The van der Waals surface area contributed by atoms with Gasteiger partial charge < -0.3 is 10.1 Å². The minimum atomic E-state index is 0.687. The lowest BCUT2D eigenvalue weighted by atomic mass is 10.2. The number of hydrogen-bond donors (Lipinski definition) is 1. The Morgan fingerprint density at radius 2 is 2.58 bits per heavy atom. The first-order valence-electron chi connectivity index (χ1n) is 3.89. The fourth-order valence-electron chi connectivity index (χ4n) is 1.16. The van der Waals surface area contributed by atoms with Crippen LogP contribution in [0.5, 0.6) is 5.88 Å². The molecule has 0 atom stereocenters. The van der Waals surface area contributed by atoms with E-state index in [1.54, 1.807) is 12.3 Å². The molecule has 3 heteroatoms. The highest BCUT2D eigenvalue weighted by molar-refractivity contribution is 5.60. The summed E-state index contributed by atoms with van der Waals surface area (Å²) < 4.78 is 5.32. The molecule has 0 radical (unpaired) electrons. The van der Waals surface area contributed by atoms with E-state index < -0.39 is 0 Å². The average Bonchev–Trinajstić information content (AvgIpc) is 2.17. The summed E-state index contributed by atoms with van der Waals surface area (Å²) >= 11 is 0. The van der Waals surface area contributed by atoms with Crippen LogP contribution < -0.4 is 10.1 Å². The normalized spacial score (nSPS) is 14.0. The maximum Gasteiger partial charge on any atom is 0.237 e. The van der Waals surface area contributed by atoms with E-state index in [0.29, 0.717) is 12.5 Å². The van der Waals surface area contributed by atoms with E-state index in [1.807, 2.05) is 6.07 Å². The van der Waals surface area contributed by atoms with Crippen LogP contribution in [0.1, 0.15) is 5.56 Å². The highest BCUT2D eigenvalue weighted by Gasteiger charge is 2.09. The zero-order valence-corrected chi connectivity index (χ0v) is 6.71. The molecule has 0 aliphatic carbocycles. The monoisotopic (exact) mass is 162 g/mol. The molecule has 1 aromatic rings. The van der Waals surface area contributed by atoms with Crippen LogP contribution >= 0.6 is 0 Å². The Balaban J connectivity index is 2.42. The number of pyridine rings is 1. The van der Waals surface area contributed by atoms with Crippen LogP contribution in [0.15, 0.2) is 18.8 Å². The molecule has 1 aromatic heterocycles. The number of aromatic nitrogens is 1. The third-order valence-corrected chi connectivity index (χ3v) is 1.76. The van der Waals surface area contributed by atoms with Crippen LogP contribution in [-0.4, -0.2) is 18.1 Å².